The summed E-state index contributed by atoms with van der Waals surface area (Å²) in [6.07, 6.45) is 6.77. The second kappa shape index (κ2) is 9.48. The van der Waals surface area contributed by atoms with Gasteiger partial charge in [0.2, 0.25) is 0 Å². The molecule has 1 saturated carbocycles. The van der Waals surface area contributed by atoms with Gasteiger partial charge in [-0.3, -0.25) is 4.72 Å². The maximum atomic E-state index is 13.8. The van der Waals surface area contributed by atoms with Crippen LogP contribution in [-0.4, -0.2) is 32.4 Å². The fourth-order valence-corrected chi connectivity index (χ4v) is 6.52. The minimum atomic E-state index is -3.96. The number of hydrogen-bond acceptors (Lipinski definition) is 7. The molecule has 3 aromatic rings. The summed E-state index contributed by atoms with van der Waals surface area (Å²) in [5.41, 5.74) is 3.35. The highest BCUT2D eigenvalue weighted by atomic mass is 32.2. The number of methoxy groups -OCH3 is 1. The summed E-state index contributed by atoms with van der Waals surface area (Å²) in [5.74, 6) is -0.362. The average Bonchev–Trinajstić information content (AvgIpc) is 3.56. The SMILES string of the molecule is COC(=O)c1ccc(C2CC2)c(S(=O)(=O)Nc2cc(-c3ccns3)ccc2C2CCCCN2)c1. The Bertz CT molecular complexity index is 1300. The molecule has 34 heavy (non-hydrogen) atoms. The molecule has 9 heteroatoms. The van der Waals surface area contributed by atoms with Gasteiger partial charge in [-0.15, -0.1) is 0 Å². The third kappa shape index (κ3) is 4.73. The predicted molar refractivity (Wildman–Crippen MR) is 133 cm³/mol. The van der Waals surface area contributed by atoms with Crippen LogP contribution in [0.5, 0.6) is 0 Å². The highest BCUT2D eigenvalue weighted by Gasteiger charge is 2.32. The van der Waals surface area contributed by atoms with E-state index in [-0.39, 0.29) is 22.4 Å². The zero-order valence-corrected chi connectivity index (χ0v) is 20.5. The number of nitrogens with zero attached hydrogens (tertiary/aromatic N) is 1. The Morgan fingerprint density at radius 2 is 1.91 bits per heavy atom. The van der Waals surface area contributed by atoms with Crippen molar-refractivity contribution in [2.75, 3.05) is 18.4 Å². The van der Waals surface area contributed by atoms with Gasteiger partial charge < -0.3 is 10.1 Å². The molecule has 2 aromatic carbocycles. The number of nitrogens with one attached hydrogen (secondary N) is 2. The fourth-order valence-electron chi connectivity index (χ4n) is 4.53. The van der Waals surface area contributed by atoms with Gasteiger partial charge >= 0.3 is 5.97 Å². The molecule has 1 saturated heterocycles. The molecule has 2 N–H and O–H groups in total. The summed E-state index contributed by atoms with van der Waals surface area (Å²) < 4.78 is 39.4. The lowest BCUT2D eigenvalue weighted by atomic mass is 9.95. The molecule has 2 aliphatic rings. The molecule has 0 radical (unpaired) electrons. The van der Waals surface area contributed by atoms with Gasteiger partial charge in [-0.2, -0.15) is 0 Å². The van der Waals surface area contributed by atoms with Crippen LogP contribution in [0.25, 0.3) is 10.4 Å². The molecule has 2 fully saturated rings. The van der Waals surface area contributed by atoms with Crippen LogP contribution < -0.4 is 10.0 Å². The molecule has 0 bridgehead atoms. The second-order valence-electron chi connectivity index (χ2n) is 8.81. The minimum absolute atomic E-state index is 0.0752. The van der Waals surface area contributed by atoms with E-state index in [2.05, 4.69) is 14.4 Å². The van der Waals surface area contributed by atoms with E-state index in [1.807, 2.05) is 24.3 Å². The first-order valence-electron chi connectivity index (χ1n) is 11.5. The fraction of sp³-hybridized carbons (Fsp3) is 0.360. The molecule has 0 spiro atoms. The number of rotatable bonds is 7. The van der Waals surface area contributed by atoms with Crippen molar-refractivity contribution in [3.05, 3.63) is 65.4 Å². The number of carbonyl (C=O) groups excluding carboxylic acids is 1. The van der Waals surface area contributed by atoms with Crippen LogP contribution in [0.15, 0.2) is 53.6 Å². The van der Waals surface area contributed by atoms with E-state index in [0.717, 1.165) is 60.2 Å². The maximum Gasteiger partial charge on any atom is 0.337 e. The van der Waals surface area contributed by atoms with E-state index in [1.165, 1.54) is 24.7 Å². The molecule has 1 aliphatic carbocycles. The maximum absolute atomic E-state index is 13.8. The van der Waals surface area contributed by atoms with Crippen molar-refractivity contribution in [2.45, 2.75) is 49.0 Å². The van der Waals surface area contributed by atoms with E-state index in [1.54, 1.807) is 18.3 Å². The quantitative estimate of drug-likeness (QED) is 0.441. The summed E-state index contributed by atoms with van der Waals surface area (Å²) >= 11 is 1.37. The molecular weight excluding hydrogens is 470 g/mol. The molecule has 5 rings (SSSR count). The van der Waals surface area contributed by atoms with Crippen molar-refractivity contribution in [1.29, 1.82) is 0 Å². The number of esters is 1. The van der Waals surface area contributed by atoms with Gasteiger partial charge in [0.1, 0.15) is 0 Å². The van der Waals surface area contributed by atoms with Gasteiger partial charge in [0.15, 0.2) is 0 Å². The number of aromatic nitrogens is 1. The number of ether oxygens (including phenoxy) is 1. The lowest BCUT2D eigenvalue weighted by Gasteiger charge is -2.26. The zero-order valence-electron chi connectivity index (χ0n) is 18.9. The first-order chi connectivity index (χ1) is 16.5. The molecular formula is C25H27N3O4S2. The minimum Gasteiger partial charge on any atom is -0.465 e. The third-order valence-electron chi connectivity index (χ3n) is 6.45. The average molecular weight is 498 g/mol. The number of hydrogen-bond donors (Lipinski definition) is 2. The van der Waals surface area contributed by atoms with Gasteiger partial charge in [0.05, 0.1) is 28.1 Å². The standard InChI is InChI=1S/C25H27N3O4S2/c1-32-25(29)18-8-9-19(16-5-6-16)24(15-18)34(30,31)28-22-14-17(23-11-13-27-33-23)7-10-20(22)21-4-2-3-12-26-21/h7-11,13-16,21,26,28H,2-6,12H2,1H3. The highest BCUT2D eigenvalue weighted by Crippen LogP contribution is 2.44. The molecule has 2 heterocycles. The third-order valence-corrected chi connectivity index (χ3v) is 8.66. The van der Waals surface area contributed by atoms with Crippen molar-refractivity contribution >= 4 is 33.2 Å². The first kappa shape index (κ1) is 23.0. The topological polar surface area (TPSA) is 97.4 Å². The van der Waals surface area contributed by atoms with Crippen LogP contribution in [0.1, 0.15) is 65.5 Å². The van der Waals surface area contributed by atoms with Crippen LogP contribution >= 0.6 is 11.5 Å². The largest absolute Gasteiger partial charge is 0.465 e. The van der Waals surface area contributed by atoms with E-state index in [4.69, 9.17) is 4.74 Å². The predicted octanol–water partition coefficient (Wildman–Crippen LogP) is 5.09. The Hall–Kier alpha value is -2.75. The van der Waals surface area contributed by atoms with E-state index in [0.29, 0.717) is 5.69 Å². The van der Waals surface area contributed by atoms with Gasteiger partial charge in [-0.05, 0) is 90.6 Å². The van der Waals surface area contributed by atoms with Crippen LogP contribution in [0, 0.1) is 0 Å². The first-order valence-corrected chi connectivity index (χ1v) is 13.8. The van der Waals surface area contributed by atoms with E-state index < -0.39 is 16.0 Å². The van der Waals surface area contributed by atoms with E-state index in [9.17, 15) is 13.2 Å². The molecule has 1 aromatic heterocycles. The summed E-state index contributed by atoms with van der Waals surface area (Å²) in [6, 6.07) is 12.7. The van der Waals surface area contributed by atoms with Gasteiger partial charge in [-0.1, -0.05) is 24.6 Å². The Morgan fingerprint density at radius 3 is 2.59 bits per heavy atom. The smallest absolute Gasteiger partial charge is 0.337 e. The molecule has 1 atom stereocenters. The zero-order chi connectivity index (χ0) is 23.7. The van der Waals surface area contributed by atoms with Crippen molar-refractivity contribution < 1.29 is 17.9 Å². The van der Waals surface area contributed by atoms with Crippen molar-refractivity contribution in [3.8, 4) is 10.4 Å². The van der Waals surface area contributed by atoms with Gasteiger partial charge in [0.25, 0.3) is 10.0 Å². The second-order valence-corrected chi connectivity index (χ2v) is 11.3. The van der Waals surface area contributed by atoms with Crippen molar-refractivity contribution in [1.82, 2.24) is 9.69 Å². The molecule has 1 unspecified atom stereocenters. The summed E-state index contributed by atoms with van der Waals surface area (Å²) in [7, 11) is -2.67. The number of benzene rings is 2. The lowest BCUT2D eigenvalue weighted by molar-refractivity contribution is 0.0600. The van der Waals surface area contributed by atoms with Crippen molar-refractivity contribution in [2.24, 2.45) is 0 Å². The Kier molecular flexibility index (Phi) is 6.42. The number of sulfonamides is 1. The van der Waals surface area contributed by atoms with Gasteiger partial charge in [0, 0.05) is 12.2 Å². The number of carbonyl (C=O) groups is 1. The summed E-state index contributed by atoms with van der Waals surface area (Å²) in [4.78, 5) is 13.2. The van der Waals surface area contributed by atoms with Crippen LogP contribution in [0.3, 0.4) is 0 Å². The van der Waals surface area contributed by atoms with Crippen LogP contribution in [0.2, 0.25) is 0 Å². The van der Waals surface area contributed by atoms with E-state index >= 15 is 0 Å². The summed E-state index contributed by atoms with van der Waals surface area (Å²) in [6.45, 7) is 0.903. The summed E-state index contributed by atoms with van der Waals surface area (Å²) in [5, 5.41) is 3.52. The number of piperidine rings is 1. The van der Waals surface area contributed by atoms with Crippen LogP contribution in [-0.2, 0) is 14.8 Å². The van der Waals surface area contributed by atoms with Crippen LogP contribution in [0.4, 0.5) is 5.69 Å². The molecule has 7 nitrogen and oxygen atoms in total. The Morgan fingerprint density at radius 1 is 1.09 bits per heavy atom. The monoisotopic (exact) mass is 497 g/mol. The highest BCUT2D eigenvalue weighted by molar-refractivity contribution is 7.92. The molecule has 1 aliphatic heterocycles. The Labute approximate surface area is 203 Å². The molecule has 178 valence electrons. The lowest BCUT2D eigenvalue weighted by Crippen LogP contribution is -2.28. The molecule has 0 amide bonds. The van der Waals surface area contributed by atoms with Gasteiger partial charge in [-0.25, -0.2) is 17.6 Å². The number of anilines is 1. The Balaban J connectivity index is 1.57. The van der Waals surface area contributed by atoms with Crippen molar-refractivity contribution in [3.63, 3.8) is 0 Å². The normalized spacial score (nSPS) is 18.4.